The molecule has 0 saturated heterocycles. The fourth-order valence-electron chi connectivity index (χ4n) is 4.34. The van der Waals surface area contributed by atoms with E-state index in [9.17, 15) is 0 Å². The molecule has 0 spiro atoms. The maximum atomic E-state index is 5.99. The molecule has 3 heteroatoms. The van der Waals surface area contributed by atoms with Gasteiger partial charge in [-0.25, -0.2) is 0 Å². The van der Waals surface area contributed by atoms with Gasteiger partial charge in [0.05, 0.1) is 12.7 Å². The molecule has 1 aromatic heterocycles. The Labute approximate surface area is 116 Å². The molecule has 2 saturated carbocycles. The van der Waals surface area contributed by atoms with Crippen LogP contribution in [0, 0.1) is 17.3 Å². The van der Waals surface area contributed by atoms with Crippen LogP contribution >= 0.6 is 0 Å². The van der Waals surface area contributed by atoms with Gasteiger partial charge in [-0.15, -0.1) is 0 Å². The van der Waals surface area contributed by atoms with E-state index in [1.807, 2.05) is 12.3 Å². The molecular weight excluding hydrogens is 236 g/mol. The summed E-state index contributed by atoms with van der Waals surface area (Å²) in [5.41, 5.74) is 0.488. The third kappa shape index (κ3) is 2.58. The lowest BCUT2D eigenvalue weighted by molar-refractivity contribution is -0.00659. The molecule has 0 aromatic carbocycles. The summed E-state index contributed by atoms with van der Waals surface area (Å²) in [5, 5.41) is 4.38. The highest BCUT2D eigenvalue weighted by Crippen LogP contribution is 2.57. The van der Waals surface area contributed by atoms with E-state index in [0.29, 0.717) is 11.5 Å². The minimum Gasteiger partial charge on any atom is -0.378 e. The van der Waals surface area contributed by atoms with Crippen LogP contribution in [0.2, 0.25) is 0 Å². The van der Waals surface area contributed by atoms with Crippen LogP contribution in [-0.4, -0.2) is 22.5 Å². The van der Waals surface area contributed by atoms with Crippen LogP contribution in [0.4, 0.5) is 0 Å². The van der Waals surface area contributed by atoms with Crippen molar-refractivity contribution in [3.05, 3.63) is 18.5 Å². The highest BCUT2D eigenvalue weighted by Gasteiger charge is 2.51. The minimum absolute atomic E-state index is 0.362. The van der Waals surface area contributed by atoms with E-state index in [1.54, 1.807) is 0 Å². The molecule has 0 amide bonds. The van der Waals surface area contributed by atoms with Gasteiger partial charge >= 0.3 is 0 Å². The first-order chi connectivity index (χ1) is 9.20. The van der Waals surface area contributed by atoms with E-state index in [2.05, 4.69) is 29.8 Å². The van der Waals surface area contributed by atoms with E-state index < -0.39 is 0 Å². The quantitative estimate of drug-likeness (QED) is 0.812. The number of hydrogen-bond acceptors (Lipinski definition) is 2. The summed E-state index contributed by atoms with van der Waals surface area (Å²) >= 11 is 0. The number of fused-ring (bicyclic) bond motifs is 1. The summed E-state index contributed by atoms with van der Waals surface area (Å²) in [6, 6.07) is 2.03. The lowest BCUT2D eigenvalue weighted by atomic mass is 9.78. The minimum atomic E-state index is 0.362. The zero-order valence-corrected chi connectivity index (χ0v) is 12.2. The molecular formula is C16H26N2O. The molecule has 106 valence electrons. The topological polar surface area (TPSA) is 27.1 Å². The monoisotopic (exact) mass is 262 g/mol. The van der Waals surface area contributed by atoms with Crippen molar-refractivity contribution >= 4 is 0 Å². The molecule has 3 rings (SSSR count). The van der Waals surface area contributed by atoms with Crippen LogP contribution in [0.5, 0.6) is 0 Å². The van der Waals surface area contributed by atoms with Gasteiger partial charge < -0.3 is 4.74 Å². The van der Waals surface area contributed by atoms with Gasteiger partial charge in [-0.3, -0.25) is 4.68 Å². The van der Waals surface area contributed by atoms with E-state index in [0.717, 1.165) is 25.0 Å². The molecule has 2 fully saturated rings. The second-order valence-corrected chi connectivity index (χ2v) is 6.75. The summed E-state index contributed by atoms with van der Waals surface area (Å²) in [6.45, 7) is 6.37. The third-order valence-corrected chi connectivity index (χ3v) is 5.24. The Morgan fingerprint density at radius 3 is 3.00 bits per heavy atom. The fraction of sp³-hybridized carbons (Fsp3) is 0.812. The van der Waals surface area contributed by atoms with Gasteiger partial charge in [0.15, 0.2) is 0 Å². The van der Waals surface area contributed by atoms with Crippen molar-refractivity contribution in [3.8, 4) is 0 Å². The lowest BCUT2D eigenvalue weighted by Gasteiger charge is -2.32. The standard InChI is InChI=1S/C16H26N2O/c1-13(2)19-12-16-7-3-5-15(16)14(6-8-16)11-18-10-4-9-17-18/h4,9-10,13-15H,3,5-8,11-12H2,1-2H3/t14-,15?,16-/m1/s1. The zero-order valence-electron chi connectivity index (χ0n) is 12.2. The predicted molar refractivity (Wildman–Crippen MR) is 75.8 cm³/mol. The summed E-state index contributed by atoms with van der Waals surface area (Å²) in [5.74, 6) is 1.66. The highest BCUT2D eigenvalue weighted by atomic mass is 16.5. The Kier molecular flexibility index (Phi) is 3.66. The normalized spacial score (nSPS) is 34.1. The summed E-state index contributed by atoms with van der Waals surface area (Å²) in [6.07, 6.45) is 11.2. The Bertz CT molecular complexity index is 401. The Hall–Kier alpha value is -0.830. The van der Waals surface area contributed by atoms with E-state index in [1.165, 1.54) is 32.1 Å². The highest BCUT2D eigenvalue weighted by molar-refractivity contribution is 5.00. The second-order valence-electron chi connectivity index (χ2n) is 6.75. The SMILES string of the molecule is CC(C)OC[C@]12CCCC1[C@@H](Cn1cccn1)CC2. The molecule has 19 heavy (non-hydrogen) atoms. The van der Waals surface area contributed by atoms with Gasteiger partial charge in [0.2, 0.25) is 0 Å². The predicted octanol–water partition coefficient (Wildman–Crippen LogP) is 3.50. The Balaban J connectivity index is 1.67. The molecule has 1 unspecified atom stereocenters. The van der Waals surface area contributed by atoms with Crippen LogP contribution in [0.3, 0.4) is 0 Å². The molecule has 0 radical (unpaired) electrons. The Morgan fingerprint density at radius 2 is 2.26 bits per heavy atom. The first-order valence-corrected chi connectivity index (χ1v) is 7.79. The van der Waals surface area contributed by atoms with Crippen molar-refractivity contribution in [2.45, 2.75) is 58.6 Å². The number of rotatable bonds is 5. The van der Waals surface area contributed by atoms with Crippen molar-refractivity contribution in [3.63, 3.8) is 0 Å². The zero-order chi connectivity index (χ0) is 13.3. The molecule has 0 N–H and O–H groups in total. The van der Waals surface area contributed by atoms with Crippen molar-refractivity contribution in [1.29, 1.82) is 0 Å². The summed E-state index contributed by atoms with van der Waals surface area (Å²) in [7, 11) is 0. The average molecular weight is 262 g/mol. The van der Waals surface area contributed by atoms with Gasteiger partial charge in [-0.2, -0.15) is 5.10 Å². The van der Waals surface area contributed by atoms with Gasteiger partial charge in [0, 0.05) is 18.9 Å². The average Bonchev–Trinajstić information content (AvgIpc) is 3.06. The molecule has 3 nitrogen and oxygen atoms in total. The largest absolute Gasteiger partial charge is 0.378 e. The van der Waals surface area contributed by atoms with E-state index >= 15 is 0 Å². The van der Waals surface area contributed by atoms with Crippen molar-refractivity contribution in [2.24, 2.45) is 17.3 Å². The smallest absolute Gasteiger partial charge is 0.0528 e. The molecule has 1 aromatic rings. The summed E-state index contributed by atoms with van der Waals surface area (Å²) in [4.78, 5) is 0. The lowest BCUT2D eigenvalue weighted by Crippen LogP contribution is -2.31. The first-order valence-electron chi connectivity index (χ1n) is 7.79. The number of aromatic nitrogens is 2. The van der Waals surface area contributed by atoms with E-state index in [4.69, 9.17) is 4.74 Å². The molecule has 0 bridgehead atoms. The third-order valence-electron chi connectivity index (χ3n) is 5.24. The van der Waals surface area contributed by atoms with Crippen LogP contribution < -0.4 is 0 Å². The van der Waals surface area contributed by atoms with Gasteiger partial charge in [-0.1, -0.05) is 6.42 Å². The Morgan fingerprint density at radius 1 is 1.37 bits per heavy atom. The molecule has 2 aliphatic carbocycles. The molecule has 0 aliphatic heterocycles. The number of nitrogens with zero attached hydrogens (tertiary/aromatic N) is 2. The van der Waals surface area contributed by atoms with Crippen molar-refractivity contribution in [1.82, 2.24) is 9.78 Å². The van der Waals surface area contributed by atoms with E-state index in [-0.39, 0.29) is 0 Å². The second kappa shape index (κ2) is 5.28. The van der Waals surface area contributed by atoms with Gasteiger partial charge in [0.1, 0.15) is 0 Å². The van der Waals surface area contributed by atoms with Crippen LogP contribution in [0.15, 0.2) is 18.5 Å². The van der Waals surface area contributed by atoms with Crippen LogP contribution in [0.25, 0.3) is 0 Å². The summed E-state index contributed by atoms with van der Waals surface area (Å²) < 4.78 is 8.10. The van der Waals surface area contributed by atoms with Crippen LogP contribution in [0.1, 0.15) is 46.0 Å². The number of hydrogen-bond donors (Lipinski definition) is 0. The molecule has 1 heterocycles. The van der Waals surface area contributed by atoms with Crippen molar-refractivity contribution < 1.29 is 4.74 Å². The van der Waals surface area contributed by atoms with Crippen molar-refractivity contribution in [2.75, 3.05) is 6.61 Å². The van der Waals surface area contributed by atoms with Gasteiger partial charge in [-0.05, 0) is 62.8 Å². The molecule has 3 atom stereocenters. The maximum Gasteiger partial charge on any atom is 0.0528 e. The number of ether oxygens (including phenoxy) is 1. The van der Waals surface area contributed by atoms with Gasteiger partial charge in [0.25, 0.3) is 0 Å². The molecule has 2 aliphatic rings. The fourth-order valence-corrected chi connectivity index (χ4v) is 4.34. The first kappa shape index (κ1) is 13.2. The maximum absolute atomic E-state index is 5.99. The van der Waals surface area contributed by atoms with Crippen LogP contribution in [-0.2, 0) is 11.3 Å².